The van der Waals surface area contributed by atoms with Gasteiger partial charge in [0.05, 0.1) is 18.9 Å². The van der Waals surface area contributed by atoms with Gasteiger partial charge in [-0.2, -0.15) is 0 Å². The van der Waals surface area contributed by atoms with Crippen molar-refractivity contribution in [1.82, 2.24) is 20.4 Å². The van der Waals surface area contributed by atoms with Crippen LogP contribution in [0, 0.1) is 0 Å². The molecular formula is C22H19ClN4O4S. The summed E-state index contributed by atoms with van der Waals surface area (Å²) in [5, 5.41) is 6.76. The summed E-state index contributed by atoms with van der Waals surface area (Å²) in [4.78, 5) is 21.1. The van der Waals surface area contributed by atoms with Crippen LogP contribution in [0.1, 0.15) is 39.1 Å². The second-order valence-corrected chi connectivity index (χ2v) is 7.95. The predicted molar refractivity (Wildman–Crippen MR) is 119 cm³/mol. The van der Waals surface area contributed by atoms with Crippen LogP contribution in [-0.2, 0) is 13.0 Å². The molecule has 1 aliphatic rings. The minimum atomic E-state index is -0.246. The molecule has 1 N–H and O–H groups in total. The Morgan fingerprint density at radius 3 is 2.97 bits per heavy atom. The molecule has 0 spiro atoms. The number of halogens is 1. The van der Waals surface area contributed by atoms with Gasteiger partial charge in [-0.15, -0.1) is 12.4 Å². The molecule has 0 saturated carbocycles. The third-order valence-electron chi connectivity index (χ3n) is 4.86. The van der Waals surface area contributed by atoms with Crippen molar-refractivity contribution in [3.05, 3.63) is 82.9 Å². The van der Waals surface area contributed by atoms with Crippen LogP contribution >= 0.6 is 23.7 Å². The van der Waals surface area contributed by atoms with Gasteiger partial charge in [0.2, 0.25) is 0 Å². The largest absolute Gasteiger partial charge is 0.485 e. The van der Waals surface area contributed by atoms with Gasteiger partial charge in [0.25, 0.3) is 11.1 Å². The maximum absolute atomic E-state index is 12.3. The number of nitrogens with zero attached hydrogens (tertiary/aromatic N) is 3. The van der Waals surface area contributed by atoms with E-state index in [0.29, 0.717) is 21.6 Å². The molecule has 1 aliphatic heterocycles. The zero-order valence-corrected chi connectivity index (χ0v) is 18.4. The van der Waals surface area contributed by atoms with Crippen molar-refractivity contribution in [2.75, 3.05) is 0 Å². The van der Waals surface area contributed by atoms with E-state index in [-0.39, 0.29) is 31.0 Å². The molecule has 4 aromatic rings. The average molecular weight is 471 g/mol. The van der Waals surface area contributed by atoms with Crippen LogP contribution in [0.25, 0.3) is 0 Å². The number of aryl methyl sites for hydroxylation is 1. The number of thiazole rings is 1. The van der Waals surface area contributed by atoms with Gasteiger partial charge in [-0.1, -0.05) is 22.6 Å². The van der Waals surface area contributed by atoms with E-state index in [2.05, 4.69) is 20.4 Å². The fraction of sp³-hybridized carbons (Fsp3) is 0.182. The molecule has 3 aromatic heterocycles. The number of rotatable bonds is 6. The van der Waals surface area contributed by atoms with E-state index in [1.807, 2.05) is 36.5 Å². The van der Waals surface area contributed by atoms with Crippen molar-refractivity contribution in [3.8, 4) is 16.7 Å². The zero-order chi connectivity index (χ0) is 21.0. The maximum atomic E-state index is 12.3. The molecule has 10 heteroatoms. The zero-order valence-electron chi connectivity index (χ0n) is 16.8. The Morgan fingerprint density at radius 1 is 1.22 bits per heavy atom. The summed E-state index contributed by atoms with van der Waals surface area (Å²) in [6, 6.07) is 11.4. The van der Waals surface area contributed by atoms with E-state index in [9.17, 15) is 4.79 Å². The molecule has 4 heterocycles. The van der Waals surface area contributed by atoms with Gasteiger partial charge in [-0.25, -0.2) is 4.98 Å². The SMILES string of the molecule is Cl.O=C(NCc1ccno1)c1cnc(Oc2ccc3c(c2)CCC(c2cccnc2)O3)s1. The molecule has 0 aliphatic carbocycles. The standard InChI is InChI=1S/C22H18N4O4S.ClH/c27-21(24-12-17-7-9-26-30-17)20-13-25-22(31-20)28-16-4-6-18-14(10-16)3-5-19(29-18)15-2-1-8-23-11-15;/h1-2,4,6-11,13,19H,3,5,12H2,(H,24,27);1H. The Labute approximate surface area is 194 Å². The summed E-state index contributed by atoms with van der Waals surface area (Å²) in [5.41, 5.74) is 2.16. The molecule has 5 rings (SSSR count). The molecule has 0 radical (unpaired) electrons. The van der Waals surface area contributed by atoms with E-state index < -0.39 is 0 Å². The molecule has 164 valence electrons. The molecule has 1 atom stereocenters. The molecule has 0 saturated heterocycles. The van der Waals surface area contributed by atoms with Gasteiger partial charge in [-0.05, 0) is 42.7 Å². The van der Waals surface area contributed by atoms with Crippen LogP contribution in [0.5, 0.6) is 16.7 Å². The maximum Gasteiger partial charge on any atom is 0.279 e. The number of hydrogen-bond donors (Lipinski definition) is 1. The minimum absolute atomic E-state index is 0. The highest BCUT2D eigenvalue weighted by Gasteiger charge is 2.22. The van der Waals surface area contributed by atoms with Gasteiger partial charge >= 0.3 is 0 Å². The third kappa shape index (κ3) is 4.90. The summed E-state index contributed by atoms with van der Waals surface area (Å²) < 4.78 is 17.0. The van der Waals surface area contributed by atoms with E-state index in [0.717, 1.165) is 29.7 Å². The molecule has 8 nitrogen and oxygen atoms in total. The van der Waals surface area contributed by atoms with Crippen molar-refractivity contribution < 1.29 is 18.8 Å². The van der Waals surface area contributed by atoms with Gasteiger partial charge in [0.15, 0.2) is 5.76 Å². The van der Waals surface area contributed by atoms with E-state index in [4.69, 9.17) is 14.0 Å². The highest BCUT2D eigenvalue weighted by Crippen LogP contribution is 2.37. The van der Waals surface area contributed by atoms with Crippen molar-refractivity contribution in [3.63, 3.8) is 0 Å². The Bertz CT molecular complexity index is 1180. The first kappa shape index (κ1) is 21.8. The fourth-order valence-corrected chi connectivity index (χ4v) is 4.03. The smallest absolute Gasteiger partial charge is 0.279 e. The number of pyridine rings is 1. The normalized spacial score (nSPS) is 14.6. The fourth-order valence-electron chi connectivity index (χ4n) is 3.33. The first-order chi connectivity index (χ1) is 15.2. The van der Waals surface area contributed by atoms with E-state index >= 15 is 0 Å². The predicted octanol–water partition coefficient (Wildman–Crippen LogP) is 4.74. The van der Waals surface area contributed by atoms with Crippen LogP contribution in [0.2, 0.25) is 0 Å². The quantitative estimate of drug-likeness (QED) is 0.434. The number of carbonyl (C=O) groups excluding carboxylic acids is 1. The van der Waals surface area contributed by atoms with Crippen molar-refractivity contribution in [2.24, 2.45) is 0 Å². The number of ether oxygens (including phenoxy) is 2. The highest BCUT2D eigenvalue weighted by molar-refractivity contribution is 7.15. The van der Waals surface area contributed by atoms with Crippen LogP contribution in [0.15, 0.2) is 65.7 Å². The number of fused-ring (bicyclic) bond motifs is 1. The first-order valence-corrected chi connectivity index (χ1v) is 10.6. The average Bonchev–Trinajstić information content (AvgIpc) is 3.50. The Balaban J connectivity index is 0.00000245. The highest BCUT2D eigenvalue weighted by atomic mass is 35.5. The van der Waals surface area contributed by atoms with Gasteiger partial charge < -0.3 is 19.3 Å². The van der Waals surface area contributed by atoms with Crippen molar-refractivity contribution in [2.45, 2.75) is 25.5 Å². The lowest BCUT2D eigenvalue weighted by Gasteiger charge is -2.26. The number of nitrogens with one attached hydrogen (secondary N) is 1. The summed E-state index contributed by atoms with van der Waals surface area (Å²) in [7, 11) is 0. The van der Waals surface area contributed by atoms with Crippen LogP contribution in [0.3, 0.4) is 0 Å². The van der Waals surface area contributed by atoms with E-state index in [1.54, 1.807) is 12.3 Å². The number of carbonyl (C=O) groups is 1. The van der Waals surface area contributed by atoms with Crippen molar-refractivity contribution in [1.29, 1.82) is 0 Å². The second kappa shape index (κ2) is 9.80. The summed E-state index contributed by atoms with van der Waals surface area (Å²) >= 11 is 1.18. The number of aromatic nitrogens is 3. The van der Waals surface area contributed by atoms with Crippen LogP contribution in [-0.4, -0.2) is 21.0 Å². The minimum Gasteiger partial charge on any atom is -0.485 e. The summed E-state index contributed by atoms with van der Waals surface area (Å²) in [6.45, 7) is 0.262. The molecule has 0 fully saturated rings. The first-order valence-electron chi connectivity index (χ1n) is 9.75. The van der Waals surface area contributed by atoms with Crippen LogP contribution in [0.4, 0.5) is 0 Å². The Kier molecular flexibility index (Phi) is 6.67. The molecule has 32 heavy (non-hydrogen) atoms. The lowest BCUT2D eigenvalue weighted by atomic mass is 9.98. The molecule has 0 bridgehead atoms. The molecule has 1 amide bonds. The number of benzene rings is 1. The molecule has 1 unspecified atom stereocenters. The van der Waals surface area contributed by atoms with Crippen molar-refractivity contribution >= 4 is 29.7 Å². The second-order valence-electron chi connectivity index (χ2n) is 6.95. The Hall–Kier alpha value is -3.43. The topological polar surface area (TPSA) is 99.4 Å². The Morgan fingerprint density at radius 2 is 2.16 bits per heavy atom. The van der Waals surface area contributed by atoms with E-state index in [1.165, 1.54) is 23.7 Å². The molecule has 1 aromatic carbocycles. The van der Waals surface area contributed by atoms with Gasteiger partial charge in [-0.3, -0.25) is 9.78 Å². The lowest BCUT2D eigenvalue weighted by molar-refractivity contribution is 0.0951. The third-order valence-corrected chi connectivity index (χ3v) is 5.74. The summed E-state index contributed by atoms with van der Waals surface area (Å²) in [5.74, 6) is 1.84. The number of hydrogen-bond acceptors (Lipinski definition) is 8. The van der Waals surface area contributed by atoms with Gasteiger partial charge in [0, 0.05) is 24.0 Å². The number of amides is 1. The monoisotopic (exact) mass is 470 g/mol. The van der Waals surface area contributed by atoms with Crippen LogP contribution < -0.4 is 14.8 Å². The molecular weight excluding hydrogens is 452 g/mol. The summed E-state index contributed by atoms with van der Waals surface area (Å²) in [6.07, 6.45) is 8.38. The van der Waals surface area contributed by atoms with Gasteiger partial charge in [0.1, 0.15) is 22.5 Å². The lowest BCUT2D eigenvalue weighted by Crippen LogP contribution is -2.21.